The van der Waals surface area contributed by atoms with E-state index < -0.39 is 17.2 Å². The van der Waals surface area contributed by atoms with Crippen LogP contribution < -0.4 is 5.32 Å². The molecule has 0 unspecified atom stereocenters. The Morgan fingerprint density at radius 3 is 2.20 bits per heavy atom. The average Bonchev–Trinajstić information content (AvgIpc) is 2.38. The molecule has 1 aromatic rings. The number of nitrogens with one attached hydrogen (secondary N) is 1. The van der Waals surface area contributed by atoms with Gasteiger partial charge in [0.25, 0.3) is 0 Å². The summed E-state index contributed by atoms with van der Waals surface area (Å²) in [5.41, 5.74) is -0.437. The van der Waals surface area contributed by atoms with Gasteiger partial charge in [0.15, 0.2) is 0 Å². The van der Waals surface area contributed by atoms with Gasteiger partial charge in [-0.3, -0.25) is 0 Å². The molecule has 0 spiro atoms. The molecule has 0 aromatic heterocycles. The van der Waals surface area contributed by atoms with Crippen LogP contribution in [0.15, 0.2) is 18.2 Å². The highest BCUT2D eigenvalue weighted by Crippen LogP contribution is 2.39. The number of rotatable bonds is 4. The van der Waals surface area contributed by atoms with E-state index in [2.05, 4.69) is 19.2 Å². The molecule has 1 fully saturated rings. The van der Waals surface area contributed by atoms with Crippen molar-refractivity contribution in [3.63, 3.8) is 0 Å². The first kappa shape index (κ1) is 15.4. The summed E-state index contributed by atoms with van der Waals surface area (Å²) in [5, 5.41) is 13.5. The van der Waals surface area contributed by atoms with Crippen molar-refractivity contribution in [2.45, 2.75) is 51.7 Å². The SMILES string of the molecule is CC1(C)CCC(O)(CNCc2c(F)cccc2F)CC1. The molecule has 0 atom stereocenters. The Bertz CT molecular complexity index is 443. The third-order valence-electron chi connectivity index (χ3n) is 4.35. The fourth-order valence-corrected chi connectivity index (χ4v) is 2.69. The minimum Gasteiger partial charge on any atom is -0.389 e. The quantitative estimate of drug-likeness (QED) is 0.888. The molecular formula is C16H23F2NO. The minimum atomic E-state index is -0.753. The van der Waals surface area contributed by atoms with Crippen LogP contribution in [0, 0.1) is 17.0 Å². The van der Waals surface area contributed by atoms with Crippen LogP contribution >= 0.6 is 0 Å². The molecule has 0 bridgehead atoms. The topological polar surface area (TPSA) is 32.3 Å². The van der Waals surface area contributed by atoms with Crippen molar-refractivity contribution in [1.82, 2.24) is 5.32 Å². The molecule has 1 aromatic carbocycles. The lowest BCUT2D eigenvalue weighted by Gasteiger charge is -2.40. The standard InChI is InChI=1S/C16H23F2NO/c1-15(2)6-8-16(20,9-7-15)11-19-10-12-13(17)4-3-5-14(12)18/h3-5,19-20H,6-11H2,1-2H3. The molecule has 1 aliphatic carbocycles. The second-order valence-electron chi connectivity index (χ2n) is 6.69. The maximum Gasteiger partial charge on any atom is 0.130 e. The molecule has 0 aliphatic heterocycles. The fourth-order valence-electron chi connectivity index (χ4n) is 2.69. The van der Waals surface area contributed by atoms with Gasteiger partial charge in [-0.25, -0.2) is 8.78 Å². The second-order valence-corrected chi connectivity index (χ2v) is 6.69. The minimum absolute atomic E-state index is 0.0345. The Kier molecular flexibility index (Phi) is 4.45. The summed E-state index contributed by atoms with van der Waals surface area (Å²) in [4.78, 5) is 0. The summed E-state index contributed by atoms with van der Waals surface area (Å²) in [6, 6.07) is 3.85. The number of aliphatic hydroxyl groups is 1. The number of hydrogen-bond acceptors (Lipinski definition) is 2. The number of hydrogen-bond donors (Lipinski definition) is 2. The first-order chi connectivity index (χ1) is 9.31. The third kappa shape index (κ3) is 3.76. The van der Waals surface area contributed by atoms with Gasteiger partial charge < -0.3 is 10.4 Å². The van der Waals surface area contributed by atoms with E-state index in [1.165, 1.54) is 18.2 Å². The smallest absolute Gasteiger partial charge is 0.130 e. The van der Waals surface area contributed by atoms with Crippen molar-refractivity contribution >= 4 is 0 Å². The van der Waals surface area contributed by atoms with Crippen LogP contribution in [0.25, 0.3) is 0 Å². The van der Waals surface area contributed by atoms with Crippen molar-refractivity contribution in [2.24, 2.45) is 5.41 Å². The Morgan fingerprint density at radius 2 is 1.65 bits per heavy atom. The van der Waals surface area contributed by atoms with Gasteiger partial charge in [-0.15, -0.1) is 0 Å². The number of halogens is 2. The zero-order valence-corrected chi connectivity index (χ0v) is 12.2. The molecule has 1 aliphatic rings. The van der Waals surface area contributed by atoms with E-state index >= 15 is 0 Å². The normalized spacial score (nSPS) is 20.9. The first-order valence-corrected chi connectivity index (χ1v) is 7.17. The summed E-state index contributed by atoms with van der Waals surface area (Å²) < 4.78 is 26.9. The molecule has 2 nitrogen and oxygen atoms in total. The van der Waals surface area contributed by atoms with Gasteiger partial charge in [0.1, 0.15) is 11.6 Å². The van der Waals surface area contributed by atoms with Crippen LogP contribution in [0.3, 0.4) is 0 Å². The summed E-state index contributed by atoms with van der Waals surface area (Å²) in [7, 11) is 0. The summed E-state index contributed by atoms with van der Waals surface area (Å²) in [5.74, 6) is -1.09. The van der Waals surface area contributed by atoms with Crippen molar-refractivity contribution < 1.29 is 13.9 Å². The Hall–Kier alpha value is -1.00. The summed E-state index contributed by atoms with van der Waals surface area (Å²) in [6.45, 7) is 4.88. The highest BCUT2D eigenvalue weighted by molar-refractivity contribution is 5.19. The van der Waals surface area contributed by atoms with Gasteiger partial charge in [0, 0.05) is 18.7 Å². The molecular weight excluding hydrogens is 260 g/mol. The molecule has 0 saturated heterocycles. The monoisotopic (exact) mass is 283 g/mol. The van der Waals surface area contributed by atoms with Crippen LogP contribution in [-0.2, 0) is 6.54 Å². The lowest BCUT2D eigenvalue weighted by Crippen LogP contribution is -2.45. The Morgan fingerprint density at radius 1 is 1.10 bits per heavy atom. The molecule has 2 N–H and O–H groups in total. The molecule has 0 heterocycles. The van der Waals surface area contributed by atoms with Crippen molar-refractivity contribution in [3.8, 4) is 0 Å². The van der Waals surface area contributed by atoms with E-state index in [1.54, 1.807) is 0 Å². The zero-order valence-electron chi connectivity index (χ0n) is 12.2. The molecule has 1 saturated carbocycles. The predicted octanol–water partition coefficient (Wildman–Crippen LogP) is 3.39. The van der Waals surface area contributed by atoms with Crippen LogP contribution in [0.5, 0.6) is 0 Å². The Balaban J connectivity index is 1.87. The lowest BCUT2D eigenvalue weighted by atomic mass is 9.71. The van der Waals surface area contributed by atoms with Crippen LogP contribution in [0.1, 0.15) is 45.1 Å². The molecule has 0 amide bonds. The maximum atomic E-state index is 13.5. The van der Waals surface area contributed by atoms with E-state index in [4.69, 9.17) is 0 Å². The van der Waals surface area contributed by atoms with Gasteiger partial charge in [-0.2, -0.15) is 0 Å². The van der Waals surface area contributed by atoms with Gasteiger partial charge >= 0.3 is 0 Å². The van der Waals surface area contributed by atoms with E-state index in [0.717, 1.165) is 25.7 Å². The van der Waals surface area contributed by atoms with Crippen molar-refractivity contribution in [3.05, 3.63) is 35.4 Å². The zero-order chi connectivity index (χ0) is 14.8. The predicted molar refractivity (Wildman–Crippen MR) is 75.3 cm³/mol. The van der Waals surface area contributed by atoms with Crippen LogP contribution in [-0.4, -0.2) is 17.3 Å². The molecule has 4 heteroatoms. The molecule has 20 heavy (non-hydrogen) atoms. The van der Waals surface area contributed by atoms with E-state index in [1.807, 2.05) is 0 Å². The van der Waals surface area contributed by atoms with Crippen LogP contribution in [0.2, 0.25) is 0 Å². The van der Waals surface area contributed by atoms with Gasteiger partial charge in [0.2, 0.25) is 0 Å². The van der Waals surface area contributed by atoms with E-state index in [-0.39, 0.29) is 17.5 Å². The maximum absolute atomic E-state index is 13.5. The second kappa shape index (κ2) is 5.78. The summed E-state index contributed by atoms with van der Waals surface area (Å²) >= 11 is 0. The highest BCUT2D eigenvalue weighted by Gasteiger charge is 2.36. The van der Waals surface area contributed by atoms with Crippen molar-refractivity contribution in [1.29, 1.82) is 0 Å². The van der Waals surface area contributed by atoms with Crippen molar-refractivity contribution in [2.75, 3.05) is 6.54 Å². The Labute approximate surface area is 119 Å². The third-order valence-corrected chi connectivity index (χ3v) is 4.35. The van der Waals surface area contributed by atoms with E-state index in [0.29, 0.717) is 6.54 Å². The molecule has 0 radical (unpaired) electrons. The van der Waals surface area contributed by atoms with Gasteiger partial charge in [-0.05, 0) is 43.2 Å². The fraction of sp³-hybridized carbons (Fsp3) is 0.625. The summed E-state index contributed by atoms with van der Waals surface area (Å²) in [6.07, 6.45) is 3.40. The van der Waals surface area contributed by atoms with E-state index in [9.17, 15) is 13.9 Å². The van der Waals surface area contributed by atoms with Gasteiger partial charge in [0.05, 0.1) is 5.60 Å². The average molecular weight is 283 g/mol. The molecule has 112 valence electrons. The first-order valence-electron chi connectivity index (χ1n) is 7.17. The largest absolute Gasteiger partial charge is 0.389 e. The van der Waals surface area contributed by atoms with Gasteiger partial charge in [-0.1, -0.05) is 19.9 Å². The number of benzene rings is 1. The molecule has 2 rings (SSSR count). The van der Waals surface area contributed by atoms with Crippen LogP contribution in [0.4, 0.5) is 8.78 Å². The lowest BCUT2D eigenvalue weighted by molar-refractivity contribution is -0.0245. The highest BCUT2D eigenvalue weighted by atomic mass is 19.1.